The molecule has 0 bridgehead atoms. The van der Waals surface area contributed by atoms with E-state index >= 15 is 0 Å². The minimum absolute atomic E-state index is 0.0746. The Hall–Kier alpha value is -2.63. The van der Waals surface area contributed by atoms with Gasteiger partial charge in [0.05, 0.1) is 7.11 Å². The van der Waals surface area contributed by atoms with E-state index in [9.17, 15) is 10.1 Å². The summed E-state index contributed by atoms with van der Waals surface area (Å²) >= 11 is 0. The van der Waals surface area contributed by atoms with Crippen molar-refractivity contribution in [3.8, 4) is 6.19 Å². The molecule has 0 saturated carbocycles. The Bertz CT molecular complexity index is 562. The molecule has 1 heterocycles. The summed E-state index contributed by atoms with van der Waals surface area (Å²) < 4.78 is 4.56. The maximum atomic E-state index is 11.4. The molecule has 2 N–H and O–H groups in total. The van der Waals surface area contributed by atoms with Crippen LogP contribution in [0.4, 0.5) is 17.8 Å². The van der Waals surface area contributed by atoms with Crippen LogP contribution in [-0.2, 0) is 9.53 Å². The lowest BCUT2D eigenvalue weighted by atomic mass is 10.1. The summed E-state index contributed by atoms with van der Waals surface area (Å²) in [5.41, 5.74) is -0.262. The summed E-state index contributed by atoms with van der Waals surface area (Å²) in [6.07, 6.45) is 1.87. The third-order valence-electron chi connectivity index (χ3n) is 2.32. The quantitative estimate of drug-likeness (QED) is 0.450. The first-order valence-electron chi connectivity index (χ1n) is 6.81. The minimum Gasteiger partial charge on any atom is -0.468 e. The fraction of sp³-hybridized carbons (Fsp3) is 0.615. The van der Waals surface area contributed by atoms with Gasteiger partial charge >= 0.3 is 5.97 Å². The molecule has 9 heteroatoms. The molecule has 9 nitrogen and oxygen atoms in total. The molecule has 1 aromatic rings. The van der Waals surface area contributed by atoms with Crippen LogP contribution in [0.1, 0.15) is 27.7 Å². The van der Waals surface area contributed by atoms with Crippen LogP contribution in [0.5, 0.6) is 0 Å². The molecule has 0 spiro atoms. The van der Waals surface area contributed by atoms with E-state index in [-0.39, 0.29) is 18.0 Å². The highest BCUT2D eigenvalue weighted by molar-refractivity contribution is 5.75. The number of methoxy groups -OCH3 is 1. The minimum atomic E-state index is -0.558. The average Bonchev–Trinajstić information content (AvgIpc) is 2.42. The smallest absolute Gasteiger partial charge is 0.326 e. The number of nitrogens with one attached hydrogen (secondary N) is 2. The summed E-state index contributed by atoms with van der Waals surface area (Å²) in [6, 6.07) is 0. The van der Waals surface area contributed by atoms with Crippen molar-refractivity contribution in [2.75, 3.05) is 35.7 Å². The van der Waals surface area contributed by atoms with Crippen LogP contribution >= 0.6 is 0 Å². The number of hydrogen-bond donors (Lipinski definition) is 2. The number of carbonyl (C=O) groups is 1. The van der Waals surface area contributed by atoms with Crippen molar-refractivity contribution in [2.24, 2.45) is 0 Å². The third kappa shape index (κ3) is 5.40. The first-order chi connectivity index (χ1) is 10.3. The van der Waals surface area contributed by atoms with Gasteiger partial charge in [-0.1, -0.05) is 0 Å². The predicted molar refractivity (Wildman–Crippen MR) is 82.3 cm³/mol. The molecule has 0 radical (unpaired) electrons. The van der Waals surface area contributed by atoms with Gasteiger partial charge in [-0.3, -0.25) is 4.79 Å². The molecule has 1 aromatic heterocycles. The van der Waals surface area contributed by atoms with Crippen molar-refractivity contribution >= 4 is 23.8 Å². The van der Waals surface area contributed by atoms with Crippen LogP contribution in [0.25, 0.3) is 0 Å². The van der Waals surface area contributed by atoms with Gasteiger partial charge in [-0.25, -0.2) is 4.90 Å². The fourth-order valence-electron chi connectivity index (χ4n) is 1.46. The van der Waals surface area contributed by atoms with Crippen molar-refractivity contribution in [3.63, 3.8) is 0 Å². The fourth-order valence-corrected chi connectivity index (χ4v) is 1.46. The summed E-state index contributed by atoms with van der Waals surface area (Å²) in [5, 5.41) is 15.3. The summed E-state index contributed by atoms with van der Waals surface area (Å²) in [7, 11) is 1.25. The zero-order valence-electron chi connectivity index (χ0n) is 13.5. The molecule has 1 rings (SSSR count). The van der Waals surface area contributed by atoms with Crippen molar-refractivity contribution < 1.29 is 9.53 Å². The van der Waals surface area contributed by atoms with Gasteiger partial charge in [0.25, 0.3) is 0 Å². The third-order valence-corrected chi connectivity index (χ3v) is 2.32. The number of nitrogens with zero attached hydrogens (tertiary/aromatic N) is 5. The van der Waals surface area contributed by atoms with Gasteiger partial charge in [0.1, 0.15) is 6.54 Å². The van der Waals surface area contributed by atoms with Gasteiger partial charge in [0.2, 0.25) is 17.8 Å². The van der Waals surface area contributed by atoms with Gasteiger partial charge in [0.15, 0.2) is 6.19 Å². The zero-order chi connectivity index (χ0) is 16.8. The van der Waals surface area contributed by atoms with E-state index in [1.807, 2.05) is 33.9 Å². The van der Waals surface area contributed by atoms with Crippen molar-refractivity contribution in [1.29, 1.82) is 5.26 Å². The Labute approximate surface area is 129 Å². The van der Waals surface area contributed by atoms with E-state index in [0.29, 0.717) is 18.4 Å². The van der Waals surface area contributed by atoms with Crippen LogP contribution in [0, 0.1) is 11.5 Å². The largest absolute Gasteiger partial charge is 0.468 e. The molecule has 0 atom stereocenters. The Morgan fingerprint density at radius 3 is 2.45 bits per heavy atom. The molecule has 0 aliphatic rings. The number of ether oxygens (including phenoxy) is 1. The summed E-state index contributed by atoms with van der Waals surface area (Å²) in [6.45, 7) is 8.12. The lowest BCUT2D eigenvalue weighted by Gasteiger charge is -2.21. The molecule has 0 aromatic carbocycles. The summed E-state index contributed by atoms with van der Waals surface area (Å²) in [5.74, 6) is 0.158. The molecule has 0 aliphatic carbocycles. The van der Waals surface area contributed by atoms with Crippen molar-refractivity contribution in [3.05, 3.63) is 0 Å². The number of rotatable bonds is 6. The molecular weight excluding hydrogens is 286 g/mol. The van der Waals surface area contributed by atoms with Gasteiger partial charge in [0, 0.05) is 12.1 Å². The molecule has 0 aliphatic heterocycles. The first-order valence-corrected chi connectivity index (χ1v) is 6.81. The Morgan fingerprint density at radius 2 is 1.95 bits per heavy atom. The zero-order valence-corrected chi connectivity index (χ0v) is 13.5. The number of hydrogen-bond acceptors (Lipinski definition) is 9. The van der Waals surface area contributed by atoms with E-state index in [0.717, 1.165) is 4.90 Å². The Morgan fingerprint density at radius 1 is 1.32 bits per heavy atom. The summed E-state index contributed by atoms with van der Waals surface area (Å²) in [4.78, 5) is 24.9. The van der Waals surface area contributed by atoms with Crippen LogP contribution < -0.4 is 15.5 Å². The highest BCUT2D eigenvalue weighted by atomic mass is 16.5. The van der Waals surface area contributed by atoms with Crippen LogP contribution in [0.2, 0.25) is 0 Å². The van der Waals surface area contributed by atoms with Gasteiger partial charge < -0.3 is 15.4 Å². The van der Waals surface area contributed by atoms with Crippen LogP contribution in [0.3, 0.4) is 0 Å². The lowest BCUT2D eigenvalue weighted by molar-refractivity contribution is -0.138. The number of carbonyl (C=O) groups excluding carboxylic acids is 1. The van der Waals surface area contributed by atoms with E-state index in [1.165, 1.54) is 7.11 Å². The normalized spacial score (nSPS) is 10.5. The highest BCUT2D eigenvalue weighted by Crippen LogP contribution is 2.16. The molecule has 120 valence electrons. The molecule has 0 unspecified atom stereocenters. The second kappa shape index (κ2) is 7.40. The molecule has 0 amide bonds. The van der Waals surface area contributed by atoms with Gasteiger partial charge in [-0.15, -0.1) is 0 Å². The molecule has 0 saturated heterocycles. The van der Waals surface area contributed by atoms with Crippen molar-refractivity contribution in [2.45, 2.75) is 33.2 Å². The molecular formula is C13H21N7O2. The number of anilines is 3. The topological polar surface area (TPSA) is 116 Å². The standard InChI is InChI=1S/C13H21N7O2/c1-6-15-10-16-11(19-13(2,3)4)18-12(17-10)20(8-14)7-9(21)22-5/h6-7H2,1-5H3,(H2,15,16,17,18,19). The number of esters is 1. The molecule has 0 fully saturated rings. The second-order valence-corrected chi connectivity index (χ2v) is 5.45. The highest BCUT2D eigenvalue weighted by Gasteiger charge is 2.19. The van der Waals surface area contributed by atoms with E-state index in [1.54, 1.807) is 0 Å². The molecule has 22 heavy (non-hydrogen) atoms. The second-order valence-electron chi connectivity index (χ2n) is 5.45. The van der Waals surface area contributed by atoms with Crippen LogP contribution in [0.15, 0.2) is 0 Å². The van der Waals surface area contributed by atoms with Crippen molar-refractivity contribution in [1.82, 2.24) is 15.0 Å². The Kier molecular flexibility index (Phi) is 5.86. The predicted octanol–water partition coefficient (Wildman–Crippen LogP) is 0.974. The van der Waals surface area contributed by atoms with E-state index in [2.05, 4.69) is 30.3 Å². The van der Waals surface area contributed by atoms with Gasteiger partial charge in [-0.05, 0) is 27.7 Å². The first kappa shape index (κ1) is 17.4. The van der Waals surface area contributed by atoms with E-state index in [4.69, 9.17) is 0 Å². The number of nitriles is 1. The maximum Gasteiger partial charge on any atom is 0.326 e. The van der Waals surface area contributed by atoms with E-state index < -0.39 is 5.97 Å². The number of aromatic nitrogens is 3. The van der Waals surface area contributed by atoms with Gasteiger partial charge in [-0.2, -0.15) is 20.2 Å². The lowest BCUT2D eigenvalue weighted by Crippen LogP contribution is -2.30. The Balaban J connectivity index is 3.15. The van der Waals surface area contributed by atoms with Crippen LogP contribution in [-0.4, -0.2) is 46.7 Å². The monoisotopic (exact) mass is 307 g/mol. The maximum absolute atomic E-state index is 11.4. The SMILES string of the molecule is CCNc1nc(NC(C)(C)C)nc(N(C#N)CC(=O)OC)n1. The average molecular weight is 307 g/mol.